The molecule has 0 radical (unpaired) electrons. The smallest absolute Gasteiger partial charge is 0.310 e. The van der Waals surface area contributed by atoms with E-state index in [1.54, 1.807) is 13.1 Å². The molecular formula is C14H15NO3. The van der Waals surface area contributed by atoms with Crippen LogP contribution in [0.1, 0.15) is 18.1 Å². The number of fused-ring (bicyclic) bond motifs is 1. The number of carbonyl (C=O) groups is 1. The largest absolute Gasteiger partial charge is 0.466 e. The molecule has 1 heterocycles. The predicted molar refractivity (Wildman–Crippen MR) is 69.6 cm³/mol. The molecule has 18 heavy (non-hydrogen) atoms. The van der Waals surface area contributed by atoms with Crippen molar-refractivity contribution in [3.63, 3.8) is 0 Å². The lowest BCUT2D eigenvalue weighted by atomic mass is 10.0. The Morgan fingerprint density at radius 1 is 1.28 bits per heavy atom. The molecule has 4 heteroatoms. The Labute approximate surface area is 105 Å². The first-order valence-electron chi connectivity index (χ1n) is 5.87. The van der Waals surface area contributed by atoms with Crippen LogP contribution in [0.15, 0.2) is 29.2 Å². The molecule has 0 spiro atoms. The van der Waals surface area contributed by atoms with Crippen molar-refractivity contribution >= 4 is 16.7 Å². The number of benzene rings is 1. The number of nitrogens with one attached hydrogen (secondary N) is 1. The highest BCUT2D eigenvalue weighted by Gasteiger charge is 2.08. The summed E-state index contributed by atoms with van der Waals surface area (Å²) in [6.07, 6.45) is 1.92. The van der Waals surface area contributed by atoms with Crippen molar-refractivity contribution in [2.45, 2.75) is 20.3 Å². The molecule has 2 aromatic rings. The van der Waals surface area contributed by atoms with Crippen LogP contribution < -0.4 is 5.56 Å². The Morgan fingerprint density at radius 3 is 2.78 bits per heavy atom. The summed E-state index contributed by atoms with van der Waals surface area (Å²) in [5.74, 6) is -0.246. The van der Waals surface area contributed by atoms with E-state index in [1.807, 2.05) is 19.1 Å². The first kappa shape index (κ1) is 12.4. The van der Waals surface area contributed by atoms with E-state index in [2.05, 4.69) is 4.98 Å². The third-order valence-electron chi connectivity index (χ3n) is 2.84. The van der Waals surface area contributed by atoms with Crippen LogP contribution in [0.25, 0.3) is 10.8 Å². The normalized spacial score (nSPS) is 10.6. The molecule has 0 amide bonds. The van der Waals surface area contributed by atoms with Gasteiger partial charge in [-0.15, -0.1) is 0 Å². The molecule has 0 bridgehead atoms. The van der Waals surface area contributed by atoms with E-state index in [9.17, 15) is 9.59 Å². The number of carbonyl (C=O) groups excluding carboxylic acids is 1. The molecule has 2 rings (SSSR count). The predicted octanol–water partition coefficient (Wildman–Crippen LogP) is 1.94. The maximum Gasteiger partial charge on any atom is 0.310 e. The van der Waals surface area contributed by atoms with Gasteiger partial charge in [-0.2, -0.15) is 0 Å². The van der Waals surface area contributed by atoms with E-state index < -0.39 is 0 Å². The average Bonchev–Trinajstić information content (AvgIpc) is 2.31. The fraction of sp³-hybridized carbons (Fsp3) is 0.286. The highest BCUT2D eigenvalue weighted by molar-refractivity contribution is 5.84. The van der Waals surface area contributed by atoms with Crippen molar-refractivity contribution in [2.24, 2.45) is 0 Å². The van der Waals surface area contributed by atoms with Gasteiger partial charge in [0, 0.05) is 12.3 Å². The molecule has 0 unspecified atom stereocenters. The maximum atomic E-state index is 11.5. The SMILES string of the molecule is CCOC(=O)Cc1cc2cc(=O)[nH]cc2cc1C. The van der Waals surface area contributed by atoms with Crippen LogP contribution in [0.2, 0.25) is 0 Å². The van der Waals surface area contributed by atoms with Gasteiger partial charge >= 0.3 is 5.97 Å². The van der Waals surface area contributed by atoms with E-state index in [0.29, 0.717) is 6.61 Å². The number of H-pyrrole nitrogens is 1. The van der Waals surface area contributed by atoms with Crippen molar-refractivity contribution in [1.29, 1.82) is 0 Å². The number of hydrogen-bond donors (Lipinski definition) is 1. The van der Waals surface area contributed by atoms with E-state index in [1.165, 1.54) is 6.07 Å². The lowest BCUT2D eigenvalue weighted by Gasteiger charge is -2.07. The van der Waals surface area contributed by atoms with Crippen molar-refractivity contribution < 1.29 is 9.53 Å². The molecule has 0 aliphatic rings. The molecule has 0 aliphatic heterocycles. The zero-order valence-corrected chi connectivity index (χ0v) is 10.4. The Kier molecular flexibility index (Phi) is 3.46. The highest BCUT2D eigenvalue weighted by Crippen LogP contribution is 2.18. The van der Waals surface area contributed by atoms with Gasteiger partial charge in [-0.25, -0.2) is 0 Å². The molecule has 0 aliphatic carbocycles. The van der Waals surface area contributed by atoms with Crippen molar-refractivity contribution in [3.05, 3.63) is 45.9 Å². The van der Waals surface area contributed by atoms with Crippen LogP contribution in [-0.4, -0.2) is 17.6 Å². The quantitative estimate of drug-likeness (QED) is 0.841. The number of rotatable bonds is 3. The highest BCUT2D eigenvalue weighted by atomic mass is 16.5. The summed E-state index contributed by atoms with van der Waals surface area (Å²) >= 11 is 0. The zero-order valence-electron chi connectivity index (χ0n) is 10.4. The first-order valence-corrected chi connectivity index (χ1v) is 5.87. The summed E-state index contributed by atoms with van der Waals surface area (Å²) in [5.41, 5.74) is 1.77. The Morgan fingerprint density at radius 2 is 2.06 bits per heavy atom. The Balaban J connectivity index is 2.41. The fourth-order valence-corrected chi connectivity index (χ4v) is 1.93. The van der Waals surface area contributed by atoms with Crippen molar-refractivity contribution in [1.82, 2.24) is 4.98 Å². The topological polar surface area (TPSA) is 59.2 Å². The minimum absolute atomic E-state index is 0.145. The van der Waals surface area contributed by atoms with Crippen LogP contribution >= 0.6 is 0 Å². The van der Waals surface area contributed by atoms with Crippen LogP contribution in [0.5, 0.6) is 0 Å². The standard InChI is InChI=1S/C14H15NO3/c1-3-18-14(17)7-10-5-11-6-13(16)15-8-12(11)4-9(10)2/h4-6,8H,3,7H2,1-2H3,(H,15,16). The van der Waals surface area contributed by atoms with Crippen LogP contribution in [0, 0.1) is 6.92 Å². The summed E-state index contributed by atoms with van der Waals surface area (Å²) in [5, 5.41) is 1.79. The molecule has 0 fully saturated rings. The van der Waals surface area contributed by atoms with Gasteiger partial charge in [-0.05, 0) is 41.8 Å². The number of aromatic nitrogens is 1. The molecule has 0 saturated heterocycles. The molecule has 1 aromatic carbocycles. The lowest BCUT2D eigenvalue weighted by Crippen LogP contribution is -2.09. The average molecular weight is 245 g/mol. The second kappa shape index (κ2) is 5.04. The van der Waals surface area contributed by atoms with Gasteiger partial charge in [0.25, 0.3) is 0 Å². The van der Waals surface area contributed by atoms with Gasteiger partial charge in [0.15, 0.2) is 0 Å². The number of ether oxygens (including phenoxy) is 1. The minimum Gasteiger partial charge on any atom is -0.466 e. The number of aromatic amines is 1. The van der Waals surface area contributed by atoms with E-state index in [-0.39, 0.29) is 17.9 Å². The Bertz CT molecular complexity index is 643. The molecular weight excluding hydrogens is 230 g/mol. The summed E-state index contributed by atoms with van der Waals surface area (Å²) in [6, 6.07) is 5.36. The third-order valence-corrected chi connectivity index (χ3v) is 2.84. The van der Waals surface area contributed by atoms with Crippen molar-refractivity contribution in [2.75, 3.05) is 6.61 Å². The van der Waals surface area contributed by atoms with E-state index in [4.69, 9.17) is 4.74 Å². The van der Waals surface area contributed by atoms with Crippen LogP contribution in [0.3, 0.4) is 0 Å². The second-order valence-electron chi connectivity index (χ2n) is 4.19. The molecule has 1 aromatic heterocycles. The zero-order chi connectivity index (χ0) is 13.1. The van der Waals surface area contributed by atoms with Crippen LogP contribution in [0.4, 0.5) is 0 Å². The van der Waals surface area contributed by atoms with E-state index >= 15 is 0 Å². The van der Waals surface area contributed by atoms with Gasteiger partial charge in [0.2, 0.25) is 5.56 Å². The second-order valence-corrected chi connectivity index (χ2v) is 4.19. The van der Waals surface area contributed by atoms with Crippen molar-refractivity contribution in [3.8, 4) is 0 Å². The fourth-order valence-electron chi connectivity index (χ4n) is 1.93. The number of aryl methyl sites for hydroxylation is 1. The minimum atomic E-state index is -0.246. The van der Waals surface area contributed by atoms with Gasteiger partial charge in [0.1, 0.15) is 0 Å². The van der Waals surface area contributed by atoms with Crippen LogP contribution in [-0.2, 0) is 16.0 Å². The van der Waals surface area contributed by atoms with Gasteiger partial charge < -0.3 is 9.72 Å². The lowest BCUT2D eigenvalue weighted by molar-refractivity contribution is -0.142. The van der Waals surface area contributed by atoms with E-state index in [0.717, 1.165) is 21.9 Å². The number of hydrogen-bond acceptors (Lipinski definition) is 3. The maximum absolute atomic E-state index is 11.5. The molecule has 1 N–H and O–H groups in total. The van der Waals surface area contributed by atoms with Gasteiger partial charge in [0.05, 0.1) is 13.0 Å². The number of esters is 1. The molecule has 4 nitrogen and oxygen atoms in total. The summed E-state index contributed by atoms with van der Waals surface area (Å²) in [4.78, 5) is 25.4. The molecule has 94 valence electrons. The summed E-state index contributed by atoms with van der Waals surface area (Å²) in [7, 11) is 0. The summed E-state index contributed by atoms with van der Waals surface area (Å²) < 4.78 is 4.93. The van der Waals surface area contributed by atoms with Gasteiger partial charge in [-0.3, -0.25) is 9.59 Å². The molecule has 0 atom stereocenters. The van der Waals surface area contributed by atoms with Gasteiger partial charge in [-0.1, -0.05) is 6.07 Å². The monoisotopic (exact) mass is 245 g/mol. The summed E-state index contributed by atoms with van der Waals surface area (Å²) in [6.45, 7) is 4.11. The Hall–Kier alpha value is -2.10. The first-order chi connectivity index (χ1) is 8.60. The third kappa shape index (κ3) is 2.59. The number of pyridine rings is 1. The molecule has 0 saturated carbocycles.